The lowest BCUT2D eigenvalue weighted by Crippen LogP contribution is -2.07. The van der Waals surface area contributed by atoms with E-state index in [9.17, 15) is 0 Å². The molecule has 1 aromatic rings. The standard InChI is InChI=1S/C11H17N/c1-4-10-6-5-9(2)7-11(10)8-12-3/h5-7,12H,4,8H2,1-3H3. The first kappa shape index (κ1) is 9.27. The molecular formula is C11H17N. The summed E-state index contributed by atoms with van der Waals surface area (Å²) in [6.07, 6.45) is 1.12. The van der Waals surface area contributed by atoms with Crippen molar-refractivity contribution in [2.75, 3.05) is 7.05 Å². The molecule has 0 atom stereocenters. The van der Waals surface area contributed by atoms with Gasteiger partial charge in [-0.3, -0.25) is 0 Å². The second-order valence-corrected chi connectivity index (χ2v) is 3.16. The molecule has 0 saturated carbocycles. The van der Waals surface area contributed by atoms with Crippen molar-refractivity contribution in [2.24, 2.45) is 0 Å². The molecule has 0 aromatic heterocycles. The summed E-state index contributed by atoms with van der Waals surface area (Å²) in [5, 5.41) is 3.19. The van der Waals surface area contributed by atoms with Crippen molar-refractivity contribution in [3.63, 3.8) is 0 Å². The highest BCUT2D eigenvalue weighted by Gasteiger charge is 1.98. The van der Waals surface area contributed by atoms with Crippen molar-refractivity contribution >= 4 is 0 Å². The molecule has 0 saturated heterocycles. The highest BCUT2D eigenvalue weighted by Crippen LogP contribution is 2.11. The molecule has 0 amide bonds. The summed E-state index contributed by atoms with van der Waals surface area (Å²) in [6, 6.07) is 6.66. The highest BCUT2D eigenvalue weighted by atomic mass is 14.8. The molecule has 0 unspecified atom stereocenters. The summed E-state index contributed by atoms with van der Waals surface area (Å²) >= 11 is 0. The van der Waals surface area contributed by atoms with E-state index in [1.54, 1.807) is 0 Å². The van der Waals surface area contributed by atoms with Crippen molar-refractivity contribution < 1.29 is 0 Å². The van der Waals surface area contributed by atoms with Crippen molar-refractivity contribution in [2.45, 2.75) is 26.8 Å². The van der Waals surface area contributed by atoms with Crippen LogP contribution in [0.3, 0.4) is 0 Å². The van der Waals surface area contributed by atoms with E-state index in [1.165, 1.54) is 16.7 Å². The van der Waals surface area contributed by atoms with Gasteiger partial charge in [0.1, 0.15) is 0 Å². The minimum Gasteiger partial charge on any atom is -0.316 e. The largest absolute Gasteiger partial charge is 0.316 e. The summed E-state index contributed by atoms with van der Waals surface area (Å²) in [7, 11) is 1.99. The fraction of sp³-hybridized carbons (Fsp3) is 0.455. The predicted molar refractivity (Wildman–Crippen MR) is 53.3 cm³/mol. The quantitative estimate of drug-likeness (QED) is 0.721. The van der Waals surface area contributed by atoms with Gasteiger partial charge in [0.15, 0.2) is 0 Å². The van der Waals surface area contributed by atoms with Gasteiger partial charge in [-0.25, -0.2) is 0 Å². The third kappa shape index (κ3) is 2.08. The predicted octanol–water partition coefficient (Wildman–Crippen LogP) is 2.28. The third-order valence-electron chi connectivity index (χ3n) is 2.11. The fourth-order valence-corrected chi connectivity index (χ4v) is 1.45. The second-order valence-electron chi connectivity index (χ2n) is 3.16. The Morgan fingerprint density at radius 1 is 1.25 bits per heavy atom. The molecule has 1 N–H and O–H groups in total. The first-order valence-electron chi connectivity index (χ1n) is 4.51. The molecule has 0 bridgehead atoms. The number of aryl methyl sites for hydroxylation is 2. The van der Waals surface area contributed by atoms with Crippen LogP contribution in [0.2, 0.25) is 0 Å². The van der Waals surface area contributed by atoms with Crippen LogP contribution >= 0.6 is 0 Å². The average Bonchev–Trinajstić information content (AvgIpc) is 2.05. The van der Waals surface area contributed by atoms with Gasteiger partial charge in [0.05, 0.1) is 0 Å². The fourth-order valence-electron chi connectivity index (χ4n) is 1.45. The Kier molecular flexibility index (Phi) is 3.30. The van der Waals surface area contributed by atoms with Crippen LogP contribution in [0.4, 0.5) is 0 Å². The molecule has 1 aromatic carbocycles. The number of hydrogen-bond donors (Lipinski definition) is 1. The lowest BCUT2D eigenvalue weighted by molar-refractivity contribution is 0.804. The van der Waals surface area contributed by atoms with Crippen LogP contribution in [0.5, 0.6) is 0 Å². The highest BCUT2D eigenvalue weighted by molar-refractivity contribution is 5.31. The smallest absolute Gasteiger partial charge is 0.0205 e. The van der Waals surface area contributed by atoms with Crippen molar-refractivity contribution in [3.05, 3.63) is 34.9 Å². The van der Waals surface area contributed by atoms with Crippen LogP contribution in [-0.4, -0.2) is 7.05 Å². The maximum absolute atomic E-state index is 3.19. The van der Waals surface area contributed by atoms with Crippen molar-refractivity contribution in [1.29, 1.82) is 0 Å². The summed E-state index contributed by atoms with van der Waals surface area (Å²) < 4.78 is 0. The molecule has 1 heteroatoms. The van der Waals surface area contributed by atoms with E-state index < -0.39 is 0 Å². The SMILES string of the molecule is CCc1ccc(C)cc1CNC. The Morgan fingerprint density at radius 3 is 2.58 bits per heavy atom. The Hall–Kier alpha value is -0.820. The molecule has 1 rings (SSSR count). The first-order valence-corrected chi connectivity index (χ1v) is 4.51. The molecule has 1 nitrogen and oxygen atoms in total. The topological polar surface area (TPSA) is 12.0 Å². The van der Waals surface area contributed by atoms with Crippen LogP contribution in [0.1, 0.15) is 23.6 Å². The summed E-state index contributed by atoms with van der Waals surface area (Å²) in [4.78, 5) is 0. The van der Waals surface area contributed by atoms with Gasteiger partial charge in [0, 0.05) is 6.54 Å². The molecule has 0 spiro atoms. The number of rotatable bonds is 3. The van der Waals surface area contributed by atoms with E-state index in [0.717, 1.165) is 13.0 Å². The maximum Gasteiger partial charge on any atom is 0.0205 e. The minimum atomic E-state index is 0.977. The van der Waals surface area contributed by atoms with Gasteiger partial charge < -0.3 is 5.32 Å². The van der Waals surface area contributed by atoms with Crippen LogP contribution in [0.15, 0.2) is 18.2 Å². The average molecular weight is 163 g/mol. The normalized spacial score (nSPS) is 10.2. The molecule has 0 aliphatic heterocycles. The Balaban J connectivity index is 2.95. The Bertz CT molecular complexity index is 253. The number of hydrogen-bond acceptors (Lipinski definition) is 1. The van der Waals surface area contributed by atoms with Gasteiger partial charge in [-0.2, -0.15) is 0 Å². The first-order chi connectivity index (χ1) is 5.77. The summed E-state index contributed by atoms with van der Waals surface area (Å²) in [5.41, 5.74) is 4.23. The van der Waals surface area contributed by atoms with Gasteiger partial charge in [0.2, 0.25) is 0 Å². The van der Waals surface area contributed by atoms with Crippen LogP contribution in [0, 0.1) is 6.92 Å². The van der Waals surface area contributed by atoms with E-state index in [4.69, 9.17) is 0 Å². The zero-order chi connectivity index (χ0) is 8.97. The molecule has 12 heavy (non-hydrogen) atoms. The monoisotopic (exact) mass is 163 g/mol. The van der Waals surface area contributed by atoms with Crippen molar-refractivity contribution in [3.8, 4) is 0 Å². The van der Waals surface area contributed by atoms with Crippen molar-refractivity contribution in [1.82, 2.24) is 5.32 Å². The van der Waals surface area contributed by atoms with Gasteiger partial charge in [-0.15, -0.1) is 0 Å². The number of nitrogens with one attached hydrogen (secondary N) is 1. The minimum absolute atomic E-state index is 0.977. The van der Waals surface area contributed by atoms with Crippen LogP contribution < -0.4 is 5.32 Å². The second kappa shape index (κ2) is 4.27. The maximum atomic E-state index is 3.19. The summed E-state index contributed by atoms with van der Waals surface area (Å²) in [6.45, 7) is 5.31. The lowest BCUT2D eigenvalue weighted by atomic mass is 10.0. The van der Waals surface area contributed by atoms with E-state index in [2.05, 4.69) is 37.4 Å². The lowest BCUT2D eigenvalue weighted by Gasteiger charge is -2.07. The molecule has 0 fully saturated rings. The molecular weight excluding hydrogens is 146 g/mol. The molecule has 0 aliphatic carbocycles. The van der Waals surface area contributed by atoms with Gasteiger partial charge in [0.25, 0.3) is 0 Å². The van der Waals surface area contributed by atoms with Crippen LogP contribution in [0.25, 0.3) is 0 Å². The molecule has 0 radical (unpaired) electrons. The van der Waals surface area contributed by atoms with E-state index in [-0.39, 0.29) is 0 Å². The Labute approximate surface area is 74.8 Å². The van der Waals surface area contributed by atoms with Crippen LogP contribution in [-0.2, 0) is 13.0 Å². The van der Waals surface area contributed by atoms with Gasteiger partial charge in [-0.05, 0) is 31.5 Å². The zero-order valence-electron chi connectivity index (χ0n) is 8.15. The van der Waals surface area contributed by atoms with Gasteiger partial charge in [-0.1, -0.05) is 30.7 Å². The zero-order valence-corrected chi connectivity index (χ0v) is 8.15. The Morgan fingerprint density at radius 2 is 2.00 bits per heavy atom. The molecule has 0 heterocycles. The van der Waals surface area contributed by atoms with Gasteiger partial charge >= 0.3 is 0 Å². The van der Waals surface area contributed by atoms with E-state index >= 15 is 0 Å². The van der Waals surface area contributed by atoms with E-state index in [1.807, 2.05) is 7.05 Å². The van der Waals surface area contributed by atoms with E-state index in [0.29, 0.717) is 0 Å². The number of benzene rings is 1. The molecule has 0 aliphatic rings. The summed E-state index contributed by atoms with van der Waals surface area (Å²) in [5.74, 6) is 0. The molecule has 66 valence electrons. The third-order valence-corrected chi connectivity index (χ3v) is 2.11.